The van der Waals surface area contributed by atoms with Crippen LogP contribution in [0, 0.1) is 0 Å². The van der Waals surface area contributed by atoms with E-state index in [1.807, 2.05) is 0 Å². The van der Waals surface area contributed by atoms with Gasteiger partial charge in [-0.3, -0.25) is 0 Å². The molecule has 1 aromatic rings. The van der Waals surface area contributed by atoms with Crippen molar-refractivity contribution < 1.29 is 19.1 Å². The number of carbonyl (C=O) groups is 2. The molecule has 1 aliphatic heterocycles. The molecule has 0 radical (unpaired) electrons. The number of hydrogen-bond donors (Lipinski definition) is 0. The van der Waals surface area contributed by atoms with Crippen LogP contribution in [-0.2, 0) is 14.3 Å². The van der Waals surface area contributed by atoms with Gasteiger partial charge in [-0.1, -0.05) is 0 Å². The molecule has 6 heteroatoms. The zero-order chi connectivity index (χ0) is 13.2. The number of esters is 2. The molecule has 0 spiro atoms. The molecule has 0 aromatic carbocycles. The number of aromatic nitrogens is 2. The number of cyclic esters (lactones) is 1. The van der Waals surface area contributed by atoms with Crippen LogP contribution in [0.4, 0.5) is 0 Å². The summed E-state index contributed by atoms with van der Waals surface area (Å²) in [6, 6.07) is 0. The lowest BCUT2D eigenvalue weighted by molar-refractivity contribution is -0.134. The maximum Gasteiger partial charge on any atom is 0.341 e. The molecule has 0 atom stereocenters. The molecule has 0 bridgehead atoms. The fourth-order valence-corrected chi connectivity index (χ4v) is 1.73. The van der Waals surface area contributed by atoms with Crippen molar-refractivity contribution in [2.45, 2.75) is 18.8 Å². The highest BCUT2D eigenvalue weighted by atomic mass is 16.5. The highest BCUT2D eigenvalue weighted by Crippen LogP contribution is 2.37. The molecule has 0 unspecified atom stereocenters. The predicted octanol–water partition coefficient (Wildman–Crippen LogP) is 0.994. The van der Waals surface area contributed by atoms with E-state index in [0.29, 0.717) is 17.1 Å². The third-order valence-corrected chi connectivity index (χ3v) is 2.96. The minimum absolute atomic E-state index is 0.0505. The summed E-state index contributed by atoms with van der Waals surface area (Å²) in [5.74, 6) is 0.344. The molecule has 0 N–H and O–H groups in total. The quantitative estimate of drug-likeness (QED) is 0.751. The Bertz CT molecular complexity index is 546. The molecule has 1 fully saturated rings. The first-order valence-electron chi connectivity index (χ1n) is 6.07. The van der Waals surface area contributed by atoms with Crippen LogP contribution < -0.4 is 0 Å². The van der Waals surface area contributed by atoms with E-state index in [2.05, 4.69) is 9.97 Å². The lowest BCUT2D eigenvalue weighted by Crippen LogP contribution is -2.10. The van der Waals surface area contributed by atoms with Gasteiger partial charge in [-0.15, -0.1) is 0 Å². The largest absolute Gasteiger partial charge is 0.458 e. The van der Waals surface area contributed by atoms with Crippen LogP contribution >= 0.6 is 0 Å². The maximum absolute atomic E-state index is 11.7. The molecule has 1 saturated carbocycles. The topological polar surface area (TPSA) is 78.4 Å². The van der Waals surface area contributed by atoms with Crippen molar-refractivity contribution in [3.8, 4) is 0 Å². The van der Waals surface area contributed by atoms with Gasteiger partial charge in [-0.2, -0.15) is 0 Å². The summed E-state index contributed by atoms with van der Waals surface area (Å²) in [6.07, 6.45) is 6.53. The Morgan fingerprint density at radius 2 is 2.11 bits per heavy atom. The molecule has 1 aromatic heterocycles. The first kappa shape index (κ1) is 11.8. The van der Waals surface area contributed by atoms with E-state index in [4.69, 9.17) is 9.47 Å². The number of rotatable bonds is 4. The number of hydrogen-bond acceptors (Lipinski definition) is 6. The highest BCUT2D eigenvalue weighted by Gasteiger charge is 2.26. The highest BCUT2D eigenvalue weighted by molar-refractivity contribution is 5.89. The minimum atomic E-state index is -0.498. The number of nitrogens with zero attached hydrogens (tertiary/aromatic N) is 2. The van der Waals surface area contributed by atoms with Crippen molar-refractivity contribution in [3.05, 3.63) is 35.4 Å². The summed E-state index contributed by atoms with van der Waals surface area (Å²) in [6.45, 7) is 0.234. The summed E-state index contributed by atoms with van der Waals surface area (Å²) in [5.41, 5.74) is 0.962. The van der Waals surface area contributed by atoms with Gasteiger partial charge in [0.25, 0.3) is 0 Å². The van der Waals surface area contributed by atoms with Crippen LogP contribution in [0.1, 0.15) is 34.9 Å². The van der Waals surface area contributed by atoms with Gasteiger partial charge in [0.2, 0.25) is 0 Å². The summed E-state index contributed by atoms with van der Waals surface area (Å²) in [5, 5.41) is 0. The van der Waals surface area contributed by atoms with Gasteiger partial charge in [0.05, 0.1) is 5.56 Å². The van der Waals surface area contributed by atoms with Crippen LogP contribution in [0.15, 0.2) is 24.0 Å². The van der Waals surface area contributed by atoms with E-state index in [1.54, 1.807) is 0 Å². The summed E-state index contributed by atoms with van der Waals surface area (Å²) >= 11 is 0. The first-order chi connectivity index (χ1) is 9.22. The molecule has 98 valence electrons. The Hall–Kier alpha value is -2.24. The molecule has 3 rings (SSSR count). The lowest BCUT2D eigenvalue weighted by Gasteiger charge is -2.04. The van der Waals surface area contributed by atoms with Gasteiger partial charge in [-0.25, -0.2) is 19.6 Å². The van der Waals surface area contributed by atoms with Crippen LogP contribution in [0.5, 0.6) is 0 Å². The van der Waals surface area contributed by atoms with Gasteiger partial charge < -0.3 is 9.47 Å². The van der Waals surface area contributed by atoms with Gasteiger partial charge in [-0.05, 0) is 12.8 Å². The van der Waals surface area contributed by atoms with E-state index >= 15 is 0 Å². The minimum Gasteiger partial charge on any atom is -0.458 e. The molecule has 0 saturated heterocycles. The molecular weight excluding hydrogens is 248 g/mol. The van der Waals surface area contributed by atoms with Gasteiger partial charge in [0, 0.05) is 30.0 Å². The molecule has 19 heavy (non-hydrogen) atoms. The monoisotopic (exact) mass is 260 g/mol. The molecule has 6 nitrogen and oxygen atoms in total. The zero-order valence-electron chi connectivity index (χ0n) is 10.2. The second-order valence-electron chi connectivity index (χ2n) is 4.59. The Kier molecular flexibility index (Phi) is 2.98. The SMILES string of the molecule is O=C1C=C(COC(=O)c2cnc(C3CC3)nc2)CO1. The van der Waals surface area contributed by atoms with Crippen LogP contribution in [0.25, 0.3) is 0 Å². The van der Waals surface area contributed by atoms with E-state index in [9.17, 15) is 9.59 Å². The zero-order valence-corrected chi connectivity index (χ0v) is 10.2. The van der Waals surface area contributed by atoms with Gasteiger partial charge in [0.15, 0.2) is 0 Å². The van der Waals surface area contributed by atoms with Crippen molar-refractivity contribution in [2.24, 2.45) is 0 Å². The van der Waals surface area contributed by atoms with Gasteiger partial charge >= 0.3 is 11.9 Å². The fraction of sp³-hybridized carbons (Fsp3) is 0.385. The predicted molar refractivity (Wildman–Crippen MR) is 63.3 cm³/mol. The fourth-order valence-electron chi connectivity index (χ4n) is 1.73. The summed E-state index contributed by atoms with van der Waals surface area (Å²) in [7, 11) is 0. The Morgan fingerprint density at radius 1 is 1.37 bits per heavy atom. The number of carbonyl (C=O) groups excluding carboxylic acids is 2. The molecule has 2 heterocycles. The normalized spacial score (nSPS) is 17.9. The summed E-state index contributed by atoms with van der Waals surface area (Å²) < 4.78 is 9.76. The average molecular weight is 260 g/mol. The van der Waals surface area contributed by atoms with E-state index < -0.39 is 11.9 Å². The van der Waals surface area contributed by atoms with E-state index in [-0.39, 0.29) is 13.2 Å². The van der Waals surface area contributed by atoms with Crippen LogP contribution in [0.2, 0.25) is 0 Å². The van der Waals surface area contributed by atoms with Crippen molar-refractivity contribution in [1.82, 2.24) is 9.97 Å². The van der Waals surface area contributed by atoms with E-state index in [1.165, 1.54) is 18.5 Å². The van der Waals surface area contributed by atoms with Crippen LogP contribution in [0.3, 0.4) is 0 Å². The Labute approximate surface area is 109 Å². The molecule has 1 aliphatic carbocycles. The molecular formula is C13H12N2O4. The van der Waals surface area contributed by atoms with Gasteiger partial charge in [0.1, 0.15) is 19.0 Å². The standard InChI is InChI=1S/C13H12N2O4/c16-11-3-8(6-18-11)7-19-13(17)10-4-14-12(15-5-10)9-1-2-9/h3-5,9H,1-2,6-7H2. The van der Waals surface area contributed by atoms with E-state index in [0.717, 1.165) is 18.7 Å². The Balaban J connectivity index is 1.57. The first-order valence-corrected chi connectivity index (χ1v) is 6.07. The summed E-state index contributed by atoms with van der Waals surface area (Å²) in [4.78, 5) is 30.8. The number of ether oxygens (including phenoxy) is 2. The van der Waals surface area contributed by atoms with Crippen molar-refractivity contribution in [1.29, 1.82) is 0 Å². The van der Waals surface area contributed by atoms with Crippen molar-refractivity contribution >= 4 is 11.9 Å². The second-order valence-corrected chi connectivity index (χ2v) is 4.59. The third-order valence-electron chi connectivity index (χ3n) is 2.96. The Morgan fingerprint density at radius 3 is 2.68 bits per heavy atom. The second kappa shape index (κ2) is 4.79. The smallest absolute Gasteiger partial charge is 0.341 e. The maximum atomic E-state index is 11.7. The average Bonchev–Trinajstić information content (AvgIpc) is 3.19. The van der Waals surface area contributed by atoms with Crippen LogP contribution in [-0.4, -0.2) is 35.1 Å². The van der Waals surface area contributed by atoms with Crippen molar-refractivity contribution in [3.63, 3.8) is 0 Å². The van der Waals surface area contributed by atoms with Crippen molar-refractivity contribution in [2.75, 3.05) is 13.2 Å². The third kappa shape index (κ3) is 2.78. The molecule has 0 amide bonds. The molecule has 2 aliphatic rings. The lowest BCUT2D eigenvalue weighted by atomic mass is 10.3.